The van der Waals surface area contributed by atoms with Gasteiger partial charge < -0.3 is 14.4 Å². The molecule has 0 saturated carbocycles. The second-order valence-corrected chi connectivity index (χ2v) is 7.69. The lowest BCUT2D eigenvalue weighted by molar-refractivity contribution is -0.135. The summed E-state index contributed by atoms with van der Waals surface area (Å²) in [6.45, 7) is 2.71. The number of ether oxygens (including phenoxy) is 2. The van der Waals surface area contributed by atoms with Crippen LogP contribution in [-0.2, 0) is 22.5 Å². The smallest absolute Gasteiger partial charge is 0.340 e. The first kappa shape index (κ1) is 18.4. The maximum Gasteiger partial charge on any atom is 0.340 e. The summed E-state index contributed by atoms with van der Waals surface area (Å²) >= 11 is 1.72. The van der Waals surface area contributed by atoms with E-state index in [1.165, 1.54) is 10.4 Å². The molecule has 7 heteroatoms. The van der Waals surface area contributed by atoms with Crippen molar-refractivity contribution in [3.63, 3.8) is 0 Å². The Labute approximate surface area is 166 Å². The van der Waals surface area contributed by atoms with Gasteiger partial charge in [0.25, 0.3) is 5.91 Å². The first-order valence-corrected chi connectivity index (χ1v) is 9.88. The fourth-order valence-electron chi connectivity index (χ4n) is 3.34. The minimum absolute atomic E-state index is 0.182. The van der Waals surface area contributed by atoms with E-state index in [4.69, 9.17) is 9.47 Å². The molecule has 0 fully saturated rings. The number of hydrogen-bond donors (Lipinski definition) is 0. The summed E-state index contributed by atoms with van der Waals surface area (Å²) < 4.78 is 10.5. The second-order valence-electron chi connectivity index (χ2n) is 6.69. The quantitative estimate of drug-likeness (QED) is 0.633. The minimum Gasteiger partial charge on any atom is -0.497 e. The summed E-state index contributed by atoms with van der Waals surface area (Å²) in [5.41, 5.74) is 2.87. The molecule has 1 amide bonds. The van der Waals surface area contributed by atoms with Gasteiger partial charge in [-0.2, -0.15) is 0 Å². The lowest BCUT2D eigenvalue weighted by Gasteiger charge is -2.26. The topological polar surface area (TPSA) is 68.7 Å². The third-order valence-electron chi connectivity index (χ3n) is 4.92. The number of carbonyl (C=O) groups is 2. The van der Waals surface area contributed by atoms with Gasteiger partial charge in [0.15, 0.2) is 6.61 Å². The number of aryl methyl sites for hydroxylation is 1. The Kier molecular flexibility index (Phi) is 5.00. The van der Waals surface area contributed by atoms with Crippen LogP contribution < -0.4 is 4.74 Å². The highest BCUT2D eigenvalue weighted by atomic mass is 32.1. The SMILES string of the molecule is COc1ccc2nc(C)c(C(=O)OCC(=O)N3CCc4sccc4C3)cc2c1. The highest BCUT2D eigenvalue weighted by molar-refractivity contribution is 7.10. The number of methoxy groups -OCH3 is 1. The Bertz CT molecular complexity index is 1060. The van der Waals surface area contributed by atoms with Gasteiger partial charge in [0.2, 0.25) is 0 Å². The van der Waals surface area contributed by atoms with Gasteiger partial charge in [0.1, 0.15) is 5.75 Å². The molecule has 0 spiro atoms. The van der Waals surface area contributed by atoms with Crippen molar-refractivity contribution < 1.29 is 19.1 Å². The molecule has 1 aliphatic rings. The number of rotatable bonds is 4. The van der Waals surface area contributed by atoms with Gasteiger partial charge in [-0.3, -0.25) is 9.78 Å². The molecule has 0 atom stereocenters. The number of benzene rings is 1. The number of amides is 1. The van der Waals surface area contributed by atoms with E-state index in [-0.39, 0.29) is 12.5 Å². The number of aromatic nitrogens is 1. The average molecular weight is 396 g/mol. The van der Waals surface area contributed by atoms with Crippen LogP contribution in [0.4, 0.5) is 0 Å². The van der Waals surface area contributed by atoms with Crippen LogP contribution >= 0.6 is 11.3 Å². The Balaban J connectivity index is 1.45. The summed E-state index contributed by atoms with van der Waals surface area (Å²) in [5.74, 6) is -0.0416. The van der Waals surface area contributed by atoms with Gasteiger partial charge >= 0.3 is 5.97 Å². The number of carbonyl (C=O) groups excluding carboxylic acids is 2. The van der Waals surface area contributed by atoms with Crippen LogP contribution in [0.1, 0.15) is 26.5 Å². The third kappa shape index (κ3) is 3.57. The molecule has 1 aromatic carbocycles. The number of thiophene rings is 1. The van der Waals surface area contributed by atoms with Gasteiger partial charge in [-0.25, -0.2) is 4.79 Å². The van der Waals surface area contributed by atoms with Crippen molar-refractivity contribution in [2.45, 2.75) is 19.9 Å². The predicted molar refractivity (Wildman–Crippen MR) is 107 cm³/mol. The molecule has 144 valence electrons. The number of nitrogens with zero attached hydrogens (tertiary/aromatic N) is 2. The lowest BCUT2D eigenvalue weighted by Crippen LogP contribution is -2.38. The maximum atomic E-state index is 12.5. The van der Waals surface area contributed by atoms with E-state index in [2.05, 4.69) is 4.98 Å². The van der Waals surface area contributed by atoms with Crippen molar-refractivity contribution in [1.29, 1.82) is 0 Å². The molecule has 28 heavy (non-hydrogen) atoms. The molecule has 0 bridgehead atoms. The van der Waals surface area contributed by atoms with E-state index in [1.54, 1.807) is 36.3 Å². The molecule has 1 aliphatic heterocycles. The molecule has 0 unspecified atom stereocenters. The molecular weight excluding hydrogens is 376 g/mol. The van der Waals surface area contributed by atoms with Crippen molar-refractivity contribution in [3.05, 3.63) is 57.4 Å². The van der Waals surface area contributed by atoms with Gasteiger partial charge in [-0.15, -0.1) is 11.3 Å². The van der Waals surface area contributed by atoms with Crippen LogP contribution in [-0.4, -0.2) is 42.0 Å². The summed E-state index contributed by atoms with van der Waals surface area (Å²) in [6.07, 6.45) is 0.849. The number of fused-ring (bicyclic) bond motifs is 2. The molecular formula is C21H20N2O4S. The van der Waals surface area contributed by atoms with E-state index in [9.17, 15) is 9.59 Å². The standard InChI is InChI=1S/C21H20N2O4S/c1-13-17(10-15-9-16(26-2)3-4-18(15)22-13)21(25)27-12-20(24)23-7-5-19-14(11-23)6-8-28-19/h3-4,6,8-10H,5,7,11-12H2,1-2H3. The van der Waals surface area contributed by atoms with Gasteiger partial charge in [0, 0.05) is 23.4 Å². The van der Waals surface area contributed by atoms with Gasteiger partial charge in [0.05, 0.1) is 23.9 Å². The van der Waals surface area contributed by atoms with E-state index < -0.39 is 5.97 Å². The van der Waals surface area contributed by atoms with E-state index in [0.717, 1.165) is 17.3 Å². The maximum absolute atomic E-state index is 12.5. The van der Waals surface area contributed by atoms with Crippen LogP contribution in [0.15, 0.2) is 35.7 Å². The van der Waals surface area contributed by atoms with Gasteiger partial charge in [-0.05, 0) is 54.6 Å². The van der Waals surface area contributed by atoms with Crippen LogP contribution in [0, 0.1) is 6.92 Å². The zero-order valence-corrected chi connectivity index (χ0v) is 16.5. The summed E-state index contributed by atoms with van der Waals surface area (Å²) in [6, 6.07) is 9.25. The summed E-state index contributed by atoms with van der Waals surface area (Å²) in [4.78, 5) is 32.5. The molecule has 0 N–H and O–H groups in total. The number of esters is 1. The number of pyridine rings is 1. The molecule has 0 radical (unpaired) electrons. The second kappa shape index (κ2) is 7.59. The van der Waals surface area contributed by atoms with E-state index >= 15 is 0 Å². The molecule has 6 nitrogen and oxygen atoms in total. The largest absolute Gasteiger partial charge is 0.497 e. The highest BCUT2D eigenvalue weighted by Crippen LogP contribution is 2.24. The first-order valence-electron chi connectivity index (χ1n) is 9.00. The predicted octanol–water partition coefficient (Wildman–Crippen LogP) is 3.36. The van der Waals surface area contributed by atoms with E-state index in [0.29, 0.717) is 30.1 Å². The normalized spacial score (nSPS) is 13.3. The van der Waals surface area contributed by atoms with Crippen molar-refractivity contribution in [1.82, 2.24) is 9.88 Å². The van der Waals surface area contributed by atoms with E-state index in [1.807, 2.05) is 29.6 Å². The molecule has 3 aromatic rings. The zero-order chi connectivity index (χ0) is 19.7. The Morgan fingerprint density at radius 1 is 1.25 bits per heavy atom. The lowest BCUT2D eigenvalue weighted by atomic mass is 10.1. The average Bonchev–Trinajstić information content (AvgIpc) is 3.18. The van der Waals surface area contributed by atoms with Gasteiger partial charge in [-0.1, -0.05) is 0 Å². The first-order chi connectivity index (χ1) is 13.5. The Morgan fingerprint density at radius 3 is 2.93 bits per heavy atom. The molecule has 0 saturated heterocycles. The highest BCUT2D eigenvalue weighted by Gasteiger charge is 2.23. The number of hydrogen-bond acceptors (Lipinski definition) is 6. The fraction of sp³-hybridized carbons (Fsp3) is 0.286. The molecule has 4 rings (SSSR count). The summed E-state index contributed by atoms with van der Waals surface area (Å²) in [5, 5.41) is 2.83. The van der Waals surface area contributed by atoms with Crippen molar-refractivity contribution in [2.75, 3.05) is 20.3 Å². The Hall–Kier alpha value is -2.93. The van der Waals surface area contributed by atoms with Crippen LogP contribution in [0.2, 0.25) is 0 Å². The fourth-order valence-corrected chi connectivity index (χ4v) is 4.23. The van der Waals surface area contributed by atoms with Crippen LogP contribution in [0.3, 0.4) is 0 Å². The zero-order valence-electron chi connectivity index (χ0n) is 15.7. The van der Waals surface area contributed by atoms with Crippen LogP contribution in [0.5, 0.6) is 5.75 Å². The van der Waals surface area contributed by atoms with Crippen molar-refractivity contribution in [2.24, 2.45) is 0 Å². The van der Waals surface area contributed by atoms with Crippen LogP contribution in [0.25, 0.3) is 10.9 Å². The minimum atomic E-state index is -0.545. The van der Waals surface area contributed by atoms with Crippen molar-refractivity contribution in [3.8, 4) is 5.75 Å². The van der Waals surface area contributed by atoms with Crippen molar-refractivity contribution >= 4 is 34.1 Å². The molecule has 3 heterocycles. The Morgan fingerprint density at radius 2 is 2.11 bits per heavy atom. The molecule has 2 aromatic heterocycles. The summed E-state index contributed by atoms with van der Waals surface area (Å²) in [7, 11) is 1.59. The monoisotopic (exact) mass is 396 g/mol. The third-order valence-corrected chi connectivity index (χ3v) is 5.94. The molecule has 0 aliphatic carbocycles.